The molecule has 5 heteroatoms. The molecule has 5 heterocycles. The Morgan fingerprint density at radius 2 is 2.00 bits per heavy atom. The van der Waals surface area contributed by atoms with Crippen molar-refractivity contribution in [2.75, 3.05) is 52.5 Å². The van der Waals surface area contributed by atoms with E-state index in [1.807, 2.05) is 0 Å². The molecule has 2 N–H and O–H groups in total. The van der Waals surface area contributed by atoms with Crippen molar-refractivity contribution in [3.63, 3.8) is 0 Å². The zero-order valence-corrected chi connectivity index (χ0v) is 10.9. The fraction of sp³-hybridized carbons (Fsp3) is 1.00. The molecule has 2 atom stereocenters. The zero-order chi connectivity index (χ0) is 12.1. The summed E-state index contributed by atoms with van der Waals surface area (Å²) in [5.74, 6) is 0.698. The molecule has 2 spiro atoms. The Labute approximate surface area is 108 Å². The van der Waals surface area contributed by atoms with Crippen molar-refractivity contribution in [2.45, 2.75) is 24.1 Å². The third-order valence-corrected chi connectivity index (χ3v) is 5.16. The zero-order valence-electron chi connectivity index (χ0n) is 10.9. The first-order valence-corrected chi connectivity index (χ1v) is 7.25. The lowest BCUT2D eigenvalue weighted by atomic mass is 9.79. The number of ether oxygens (including phenoxy) is 2. The molecule has 0 aliphatic carbocycles. The van der Waals surface area contributed by atoms with Crippen LogP contribution in [0.1, 0.15) is 12.8 Å². The summed E-state index contributed by atoms with van der Waals surface area (Å²) in [4.78, 5) is 2.54. The average molecular weight is 253 g/mol. The fourth-order valence-corrected chi connectivity index (χ4v) is 3.98. The lowest BCUT2D eigenvalue weighted by Gasteiger charge is -2.57. The predicted molar refractivity (Wildman–Crippen MR) is 67.4 cm³/mol. The number of nitrogens with zero attached hydrogens (tertiary/aromatic N) is 1. The lowest BCUT2D eigenvalue weighted by Crippen LogP contribution is -2.76. The van der Waals surface area contributed by atoms with Gasteiger partial charge in [0.1, 0.15) is 5.72 Å². The summed E-state index contributed by atoms with van der Waals surface area (Å²) in [6.07, 6.45) is 2.56. The van der Waals surface area contributed by atoms with E-state index in [2.05, 4.69) is 15.5 Å². The minimum absolute atomic E-state index is 0.00945. The molecule has 5 saturated heterocycles. The molecule has 5 aliphatic rings. The van der Waals surface area contributed by atoms with Crippen LogP contribution >= 0.6 is 0 Å². The Hall–Kier alpha value is -0.200. The van der Waals surface area contributed by atoms with E-state index in [4.69, 9.17) is 9.47 Å². The van der Waals surface area contributed by atoms with Crippen LogP contribution in [0.5, 0.6) is 0 Å². The fourth-order valence-electron chi connectivity index (χ4n) is 3.98. The smallest absolute Gasteiger partial charge is 0.135 e. The predicted octanol–water partition coefficient (Wildman–Crippen LogP) is -0.613. The molecule has 0 aromatic carbocycles. The van der Waals surface area contributed by atoms with Crippen molar-refractivity contribution in [2.24, 2.45) is 5.92 Å². The number of fused-ring (bicyclic) bond motifs is 2. The average Bonchev–Trinajstić information content (AvgIpc) is 2.45. The second-order valence-electron chi connectivity index (χ2n) is 6.34. The quantitative estimate of drug-likeness (QED) is 0.603. The molecule has 0 aromatic heterocycles. The van der Waals surface area contributed by atoms with Crippen LogP contribution in [0, 0.1) is 5.92 Å². The van der Waals surface area contributed by atoms with Gasteiger partial charge >= 0.3 is 0 Å². The van der Waals surface area contributed by atoms with E-state index in [0.29, 0.717) is 5.92 Å². The standard InChI is InChI=1S/C13H23N3O2/c1-4-16-5-2-11(1)13(8-16)15-7-12(10-18-13)9-17-6-3-14-12/h11,14-15H,1-10H2. The minimum Gasteiger partial charge on any atom is -0.378 e. The van der Waals surface area contributed by atoms with Gasteiger partial charge in [-0.3, -0.25) is 10.2 Å². The molecule has 0 aromatic rings. The van der Waals surface area contributed by atoms with E-state index in [9.17, 15) is 0 Å². The first-order chi connectivity index (χ1) is 8.80. The highest BCUT2D eigenvalue weighted by atomic mass is 16.5. The molecule has 5 aliphatic heterocycles. The Morgan fingerprint density at radius 3 is 2.56 bits per heavy atom. The molecule has 5 nitrogen and oxygen atoms in total. The molecule has 5 fully saturated rings. The van der Waals surface area contributed by atoms with E-state index >= 15 is 0 Å². The highest BCUT2D eigenvalue weighted by Crippen LogP contribution is 2.38. The van der Waals surface area contributed by atoms with Crippen LogP contribution in [0.2, 0.25) is 0 Å². The maximum atomic E-state index is 6.34. The highest BCUT2D eigenvalue weighted by molar-refractivity contribution is 5.05. The molecule has 0 radical (unpaired) electrons. The monoisotopic (exact) mass is 253 g/mol. The van der Waals surface area contributed by atoms with Crippen LogP contribution in [0.25, 0.3) is 0 Å². The van der Waals surface area contributed by atoms with Crippen molar-refractivity contribution >= 4 is 0 Å². The molecule has 2 unspecified atom stereocenters. The molecule has 5 rings (SSSR count). The van der Waals surface area contributed by atoms with Crippen molar-refractivity contribution < 1.29 is 9.47 Å². The third-order valence-electron chi connectivity index (χ3n) is 5.16. The van der Waals surface area contributed by atoms with Crippen LogP contribution in [-0.2, 0) is 9.47 Å². The summed E-state index contributed by atoms with van der Waals surface area (Å²) >= 11 is 0. The van der Waals surface area contributed by atoms with Crippen molar-refractivity contribution in [3.05, 3.63) is 0 Å². The molecule has 0 saturated carbocycles. The van der Waals surface area contributed by atoms with Gasteiger partial charge in [0, 0.05) is 25.6 Å². The SMILES string of the molecule is C1COCC2(CNC3(CN4CCC3CC4)OC2)N1. The molecule has 2 bridgehead atoms. The first-order valence-electron chi connectivity index (χ1n) is 7.25. The summed E-state index contributed by atoms with van der Waals surface area (Å²) < 4.78 is 11.9. The van der Waals surface area contributed by atoms with Crippen LogP contribution in [0.4, 0.5) is 0 Å². The second-order valence-corrected chi connectivity index (χ2v) is 6.34. The summed E-state index contributed by atoms with van der Waals surface area (Å²) in [5, 5.41) is 7.29. The number of hydrogen-bond acceptors (Lipinski definition) is 5. The molecule has 18 heavy (non-hydrogen) atoms. The molecular formula is C13H23N3O2. The van der Waals surface area contributed by atoms with Crippen LogP contribution < -0.4 is 10.6 Å². The van der Waals surface area contributed by atoms with Gasteiger partial charge in [-0.05, 0) is 25.9 Å². The van der Waals surface area contributed by atoms with Gasteiger partial charge in [0.25, 0.3) is 0 Å². The molecular weight excluding hydrogens is 230 g/mol. The van der Waals surface area contributed by atoms with Gasteiger partial charge in [0.05, 0.1) is 25.4 Å². The summed E-state index contributed by atoms with van der Waals surface area (Å²) in [5.41, 5.74) is -0.0591. The van der Waals surface area contributed by atoms with E-state index in [1.54, 1.807) is 0 Å². The van der Waals surface area contributed by atoms with E-state index < -0.39 is 0 Å². The van der Waals surface area contributed by atoms with Gasteiger partial charge in [0.2, 0.25) is 0 Å². The molecule has 0 amide bonds. The maximum Gasteiger partial charge on any atom is 0.135 e. The van der Waals surface area contributed by atoms with Gasteiger partial charge in [-0.1, -0.05) is 0 Å². The Balaban J connectivity index is 1.47. The topological polar surface area (TPSA) is 45.8 Å². The van der Waals surface area contributed by atoms with Crippen molar-refractivity contribution in [1.29, 1.82) is 0 Å². The van der Waals surface area contributed by atoms with Crippen LogP contribution in [0.15, 0.2) is 0 Å². The largest absolute Gasteiger partial charge is 0.378 e. The van der Waals surface area contributed by atoms with Crippen LogP contribution in [0.3, 0.4) is 0 Å². The van der Waals surface area contributed by atoms with Crippen molar-refractivity contribution in [1.82, 2.24) is 15.5 Å². The van der Waals surface area contributed by atoms with Gasteiger partial charge in [-0.25, -0.2) is 0 Å². The number of piperidine rings is 3. The Bertz CT molecular complexity index is 312. The van der Waals surface area contributed by atoms with E-state index in [-0.39, 0.29) is 11.3 Å². The lowest BCUT2D eigenvalue weighted by molar-refractivity contribution is -0.215. The van der Waals surface area contributed by atoms with Gasteiger partial charge < -0.3 is 14.8 Å². The van der Waals surface area contributed by atoms with Gasteiger partial charge in [-0.2, -0.15) is 0 Å². The van der Waals surface area contributed by atoms with Gasteiger partial charge in [-0.15, -0.1) is 0 Å². The van der Waals surface area contributed by atoms with E-state index in [1.165, 1.54) is 25.9 Å². The normalized spacial score (nSPS) is 52.0. The number of rotatable bonds is 0. The number of morpholine rings is 1. The van der Waals surface area contributed by atoms with E-state index in [0.717, 1.165) is 39.5 Å². The van der Waals surface area contributed by atoms with Crippen LogP contribution in [-0.4, -0.2) is 68.7 Å². The summed E-state index contributed by atoms with van der Waals surface area (Å²) in [7, 11) is 0. The van der Waals surface area contributed by atoms with Gasteiger partial charge in [0.15, 0.2) is 0 Å². The number of nitrogens with one attached hydrogen (secondary N) is 2. The third kappa shape index (κ3) is 1.72. The summed E-state index contributed by atoms with van der Waals surface area (Å²) in [6.45, 7) is 7.85. The minimum atomic E-state index is -0.0686. The first kappa shape index (κ1) is 11.6. The van der Waals surface area contributed by atoms with Crippen molar-refractivity contribution in [3.8, 4) is 0 Å². The maximum absolute atomic E-state index is 6.34. The Morgan fingerprint density at radius 1 is 1.11 bits per heavy atom. The highest BCUT2D eigenvalue weighted by Gasteiger charge is 2.52. The summed E-state index contributed by atoms with van der Waals surface area (Å²) in [6, 6.07) is 0. The molecule has 102 valence electrons. The second kappa shape index (κ2) is 4.15. The number of hydrogen-bond donors (Lipinski definition) is 2. The Kier molecular flexibility index (Phi) is 2.68.